The van der Waals surface area contributed by atoms with Crippen LogP contribution in [0.1, 0.15) is 0 Å². The second kappa shape index (κ2) is 4.95. The van der Waals surface area contributed by atoms with Gasteiger partial charge < -0.3 is 11.1 Å². The molecule has 0 aliphatic rings. The molecule has 0 fully saturated rings. The Morgan fingerprint density at radius 3 is 2.92 bits per heavy atom. The van der Waals surface area contributed by atoms with Gasteiger partial charge in [0.15, 0.2) is 5.82 Å². The van der Waals surface area contributed by atoms with Crippen LogP contribution in [-0.4, -0.2) is 29.3 Å². The molecule has 5 heteroatoms. The van der Waals surface area contributed by atoms with Crippen molar-refractivity contribution in [2.75, 3.05) is 25.1 Å². The van der Waals surface area contributed by atoms with Gasteiger partial charge in [-0.3, -0.25) is 0 Å². The van der Waals surface area contributed by atoms with Gasteiger partial charge in [0, 0.05) is 24.7 Å². The van der Waals surface area contributed by atoms with Gasteiger partial charge in [-0.05, 0) is 7.05 Å². The summed E-state index contributed by atoms with van der Waals surface area (Å²) in [6, 6.07) is 0. The Bertz CT molecular complexity index is 241. The molecule has 12 heavy (non-hydrogen) atoms. The zero-order valence-electron chi connectivity index (χ0n) is 6.95. The first-order chi connectivity index (χ1) is 5.84. The summed E-state index contributed by atoms with van der Waals surface area (Å²) in [6.07, 6.45) is 3.25. The number of nitrogens with one attached hydrogen (secondary N) is 1. The van der Waals surface area contributed by atoms with E-state index in [1.165, 1.54) is 0 Å². The van der Waals surface area contributed by atoms with Crippen LogP contribution < -0.4 is 11.1 Å². The second-order valence-corrected chi connectivity index (χ2v) is 3.28. The van der Waals surface area contributed by atoms with Gasteiger partial charge in [0.1, 0.15) is 5.03 Å². The lowest BCUT2D eigenvalue weighted by Crippen LogP contribution is -2.10. The van der Waals surface area contributed by atoms with Gasteiger partial charge in [-0.2, -0.15) is 0 Å². The van der Waals surface area contributed by atoms with Crippen LogP contribution in [0, 0.1) is 0 Å². The number of hydrogen-bond donors (Lipinski definition) is 2. The number of aromatic nitrogens is 2. The highest BCUT2D eigenvalue weighted by atomic mass is 32.2. The van der Waals surface area contributed by atoms with Crippen LogP contribution in [0.25, 0.3) is 0 Å². The summed E-state index contributed by atoms with van der Waals surface area (Å²) in [5.41, 5.74) is 5.59. The molecule has 3 N–H and O–H groups in total. The van der Waals surface area contributed by atoms with Gasteiger partial charge in [0.05, 0.1) is 0 Å². The molecule has 0 aliphatic heterocycles. The fraction of sp³-hybridized carbons (Fsp3) is 0.429. The third-order valence-corrected chi connectivity index (χ3v) is 2.28. The predicted molar refractivity (Wildman–Crippen MR) is 51.1 cm³/mol. The lowest BCUT2D eigenvalue weighted by Gasteiger charge is -2.01. The van der Waals surface area contributed by atoms with E-state index in [9.17, 15) is 0 Å². The summed E-state index contributed by atoms with van der Waals surface area (Å²) in [4.78, 5) is 8.03. The van der Waals surface area contributed by atoms with E-state index < -0.39 is 0 Å². The van der Waals surface area contributed by atoms with Crippen molar-refractivity contribution in [3.63, 3.8) is 0 Å². The molecule has 0 unspecified atom stereocenters. The second-order valence-electron chi connectivity index (χ2n) is 2.20. The summed E-state index contributed by atoms with van der Waals surface area (Å²) in [5, 5.41) is 3.86. The highest BCUT2D eigenvalue weighted by Gasteiger charge is 1.99. The first-order valence-electron chi connectivity index (χ1n) is 3.68. The summed E-state index contributed by atoms with van der Waals surface area (Å²) in [5.74, 6) is 1.47. The molecule has 4 nitrogen and oxygen atoms in total. The smallest absolute Gasteiger partial charge is 0.156 e. The Balaban J connectivity index is 2.46. The highest BCUT2D eigenvalue weighted by molar-refractivity contribution is 7.99. The molecule has 0 saturated heterocycles. The average Bonchev–Trinajstić information content (AvgIpc) is 2.09. The number of thioether (sulfide) groups is 1. The minimum atomic E-state index is 0.513. The Labute approximate surface area is 76.0 Å². The van der Waals surface area contributed by atoms with E-state index in [1.54, 1.807) is 24.2 Å². The third kappa shape index (κ3) is 2.67. The number of nitrogens with zero attached hydrogens (tertiary/aromatic N) is 2. The number of nitrogen functional groups attached to an aromatic ring is 1. The monoisotopic (exact) mass is 184 g/mol. The minimum Gasteiger partial charge on any atom is -0.381 e. The molecule has 0 saturated carbocycles. The Morgan fingerprint density at radius 1 is 1.50 bits per heavy atom. The van der Waals surface area contributed by atoms with E-state index >= 15 is 0 Å². The molecule has 0 bridgehead atoms. The molecule has 0 radical (unpaired) electrons. The molecule has 0 aliphatic carbocycles. The number of hydrogen-bond acceptors (Lipinski definition) is 5. The number of nitrogens with two attached hydrogens (primary N) is 1. The topological polar surface area (TPSA) is 63.8 Å². The van der Waals surface area contributed by atoms with Crippen LogP contribution >= 0.6 is 11.8 Å². The summed E-state index contributed by atoms with van der Waals surface area (Å²) < 4.78 is 0. The van der Waals surface area contributed by atoms with Crippen LogP contribution in [0.3, 0.4) is 0 Å². The summed E-state index contributed by atoms with van der Waals surface area (Å²) >= 11 is 1.61. The molecule has 1 rings (SSSR count). The van der Waals surface area contributed by atoms with Crippen molar-refractivity contribution < 1.29 is 0 Å². The van der Waals surface area contributed by atoms with E-state index in [4.69, 9.17) is 5.73 Å². The minimum absolute atomic E-state index is 0.513. The van der Waals surface area contributed by atoms with Gasteiger partial charge in [-0.15, -0.1) is 11.8 Å². The van der Waals surface area contributed by atoms with E-state index in [-0.39, 0.29) is 0 Å². The summed E-state index contributed by atoms with van der Waals surface area (Å²) in [6.45, 7) is 0.945. The van der Waals surface area contributed by atoms with E-state index in [1.807, 2.05) is 7.05 Å². The molecule has 1 aromatic rings. The molecular weight excluding hydrogens is 172 g/mol. The van der Waals surface area contributed by atoms with E-state index in [2.05, 4.69) is 15.3 Å². The van der Waals surface area contributed by atoms with Gasteiger partial charge >= 0.3 is 0 Å². The maximum atomic E-state index is 5.59. The van der Waals surface area contributed by atoms with Crippen molar-refractivity contribution in [3.8, 4) is 0 Å². The zero-order chi connectivity index (χ0) is 8.81. The molecule has 0 aromatic carbocycles. The molecule has 0 amide bonds. The SMILES string of the molecule is CNCCSc1nccnc1N. The standard InChI is InChI=1S/C7H12N4S/c1-9-4-5-12-7-6(8)10-2-3-11-7/h2-3,9H,4-5H2,1H3,(H2,8,10). The van der Waals surface area contributed by atoms with Crippen LogP contribution in [-0.2, 0) is 0 Å². The van der Waals surface area contributed by atoms with E-state index in [0.717, 1.165) is 17.3 Å². The Kier molecular flexibility index (Phi) is 3.83. The van der Waals surface area contributed by atoms with Crippen LogP contribution in [0.15, 0.2) is 17.4 Å². The number of rotatable bonds is 4. The molecule has 1 aromatic heterocycles. The van der Waals surface area contributed by atoms with Gasteiger partial charge in [-0.1, -0.05) is 0 Å². The molecule has 0 atom stereocenters. The van der Waals surface area contributed by atoms with Crippen LogP contribution in [0.5, 0.6) is 0 Å². The maximum absolute atomic E-state index is 5.59. The first kappa shape index (κ1) is 9.28. The lowest BCUT2D eigenvalue weighted by molar-refractivity contribution is 0.870. The normalized spacial score (nSPS) is 10.1. The quantitative estimate of drug-likeness (QED) is 0.523. The Hall–Kier alpha value is -0.810. The molecule has 66 valence electrons. The van der Waals surface area contributed by atoms with Crippen molar-refractivity contribution in [3.05, 3.63) is 12.4 Å². The van der Waals surface area contributed by atoms with Crippen molar-refractivity contribution in [2.24, 2.45) is 0 Å². The van der Waals surface area contributed by atoms with Crippen molar-refractivity contribution in [1.82, 2.24) is 15.3 Å². The highest BCUT2D eigenvalue weighted by Crippen LogP contribution is 2.18. The maximum Gasteiger partial charge on any atom is 0.156 e. The molecular formula is C7H12N4S. The molecule has 0 spiro atoms. The van der Waals surface area contributed by atoms with E-state index in [0.29, 0.717) is 5.82 Å². The number of anilines is 1. The van der Waals surface area contributed by atoms with Crippen molar-refractivity contribution in [1.29, 1.82) is 0 Å². The van der Waals surface area contributed by atoms with Crippen molar-refractivity contribution >= 4 is 17.6 Å². The fourth-order valence-corrected chi connectivity index (χ4v) is 1.53. The van der Waals surface area contributed by atoms with Gasteiger partial charge in [-0.25, -0.2) is 9.97 Å². The van der Waals surface area contributed by atoms with Crippen molar-refractivity contribution in [2.45, 2.75) is 5.03 Å². The average molecular weight is 184 g/mol. The third-order valence-electron chi connectivity index (χ3n) is 1.28. The summed E-state index contributed by atoms with van der Waals surface area (Å²) in [7, 11) is 1.92. The Morgan fingerprint density at radius 2 is 2.25 bits per heavy atom. The van der Waals surface area contributed by atoms with Crippen LogP contribution in [0.2, 0.25) is 0 Å². The largest absolute Gasteiger partial charge is 0.381 e. The van der Waals surface area contributed by atoms with Crippen LogP contribution in [0.4, 0.5) is 5.82 Å². The first-order valence-corrected chi connectivity index (χ1v) is 4.67. The zero-order valence-corrected chi connectivity index (χ0v) is 7.77. The lowest BCUT2D eigenvalue weighted by atomic mass is 10.7. The fourth-order valence-electron chi connectivity index (χ4n) is 0.697. The van der Waals surface area contributed by atoms with Gasteiger partial charge in [0.25, 0.3) is 0 Å². The predicted octanol–water partition coefficient (Wildman–Crippen LogP) is 0.370. The van der Waals surface area contributed by atoms with Gasteiger partial charge in [0.2, 0.25) is 0 Å². The molecule has 1 heterocycles.